The van der Waals surface area contributed by atoms with Crippen LogP contribution in [0.15, 0.2) is 71.1 Å². The van der Waals surface area contributed by atoms with Gasteiger partial charge < -0.3 is 4.74 Å². The molecule has 1 heterocycles. The number of hydrogen-bond donors (Lipinski definition) is 0. The molecule has 0 bridgehead atoms. The molecule has 0 aliphatic heterocycles. The fourth-order valence-corrected chi connectivity index (χ4v) is 3.19. The summed E-state index contributed by atoms with van der Waals surface area (Å²) in [7, 11) is 1.31. The van der Waals surface area contributed by atoms with E-state index in [0.717, 1.165) is 5.69 Å². The number of carbonyl (C=O) groups excluding carboxylic acids is 1. The molecule has 0 aliphatic rings. The van der Waals surface area contributed by atoms with Gasteiger partial charge in [-0.15, -0.1) is 6.58 Å². The van der Waals surface area contributed by atoms with E-state index >= 15 is 0 Å². The zero-order valence-corrected chi connectivity index (χ0v) is 14.5. The summed E-state index contributed by atoms with van der Waals surface area (Å²) in [6, 6.07) is 14.1. The van der Waals surface area contributed by atoms with Gasteiger partial charge in [-0.05, 0) is 30.3 Å². The van der Waals surface area contributed by atoms with Gasteiger partial charge in [-0.1, -0.05) is 36.0 Å². The summed E-state index contributed by atoms with van der Waals surface area (Å²) >= 11 is 1.43. The largest absolute Gasteiger partial charge is 0.465 e. The predicted molar refractivity (Wildman–Crippen MR) is 99.6 cm³/mol. The number of hydrogen-bond acceptors (Lipinski definition) is 5. The fraction of sp³-hybridized carbons (Fsp3) is 0.105. The second kappa shape index (κ2) is 7.36. The second-order valence-corrected chi connectivity index (χ2v) is 6.18. The molecule has 0 N–H and O–H groups in total. The second-order valence-electron chi connectivity index (χ2n) is 5.19. The van der Waals surface area contributed by atoms with Gasteiger partial charge in [-0.3, -0.25) is 9.36 Å². The number of fused-ring (bicyclic) bond motifs is 1. The molecule has 25 heavy (non-hydrogen) atoms. The number of rotatable bonds is 5. The van der Waals surface area contributed by atoms with Crippen LogP contribution in [0.25, 0.3) is 16.6 Å². The minimum Gasteiger partial charge on any atom is -0.465 e. The Hall–Kier alpha value is -2.86. The average molecular weight is 352 g/mol. The van der Waals surface area contributed by atoms with Gasteiger partial charge in [-0.2, -0.15) is 0 Å². The molecule has 0 spiro atoms. The Balaban J connectivity index is 2.29. The molecule has 0 amide bonds. The Kier molecular flexibility index (Phi) is 5.00. The number of aromatic nitrogens is 2. The Morgan fingerprint density at radius 2 is 2.04 bits per heavy atom. The van der Waals surface area contributed by atoms with Crippen molar-refractivity contribution in [3.8, 4) is 5.69 Å². The van der Waals surface area contributed by atoms with Gasteiger partial charge in [0.1, 0.15) is 0 Å². The van der Waals surface area contributed by atoms with E-state index in [0.29, 0.717) is 27.4 Å². The van der Waals surface area contributed by atoms with Crippen molar-refractivity contribution in [2.24, 2.45) is 0 Å². The molecule has 0 unspecified atom stereocenters. The Morgan fingerprint density at radius 1 is 1.28 bits per heavy atom. The number of para-hydroxylation sites is 1. The zero-order chi connectivity index (χ0) is 17.8. The summed E-state index contributed by atoms with van der Waals surface area (Å²) < 4.78 is 6.29. The van der Waals surface area contributed by atoms with E-state index in [1.165, 1.54) is 24.9 Å². The molecule has 5 nitrogen and oxygen atoms in total. The van der Waals surface area contributed by atoms with Crippen molar-refractivity contribution < 1.29 is 9.53 Å². The number of thioether (sulfide) groups is 1. The number of methoxy groups -OCH3 is 1. The fourth-order valence-electron chi connectivity index (χ4n) is 2.45. The molecule has 0 fully saturated rings. The first kappa shape index (κ1) is 17.0. The molecule has 0 saturated heterocycles. The van der Waals surface area contributed by atoms with Crippen LogP contribution < -0.4 is 5.56 Å². The van der Waals surface area contributed by atoms with Crippen LogP contribution in [0, 0.1) is 0 Å². The van der Waals surface area contributed by atoms with Gasteiger partial charge in [0.15, 0.2) is 5.16 Å². The highest BCUT2D eigenvalue weighted by atomic mass is 32.2. The van der Waals surface area contributed by atoms with Crippen LogP contribution in [0.2, 0.25) is 0 Å². The number of nitrogens with zero attached hydrogens (tertiary/aromatic N) is 2. The maximum atomic E-state index is 13.1. The maximum Gasteiger partial charge on any atom is 0.337 e. The summed E-state index contributed by atoms with van der Waals surface area (Å²) in [5, 5.41) is 0.948. The standard InChI is InChI=1S/C19H16N2O3S/c1-3-11-25-19-20-16-10-9-13(18(23)24-2)12-15(16)17(22)21(19)14-7-5-4-6-8-14/h3-10,12H,1,11H2,2H3. The van der Waals surface area contributed by atoms with Crippen LogP contribution in [-0.4, -0.2) is 28.4 Å². The van der Waals surface area contributed by atoms with E-state index in [9.17, 15) is 9.59 Å². The van der Waals surface area contributed by atoms with Crippen molar-refractivity contribution in [2.75, 3.05) is 12.9 Å². The molecule has 6 heteroatoms. The van der Waals surface area contributed by atoms with Crippen molar-refractivity contribution in [3.63, 3.8) is 0 Å². The lowest BCUT2D eigenvalue weighted by molar-refractivity contribution is 0.0601. The quantitative estimate of drug-likeness (QED) is 0.305. The first-order chi connectivity index (χ1) is 12.2. The van der Waals surface area contributed by atoms with E-state index in [-0.39, 0.29) is 5.56 Å². The van der Waals surface area contributed by atoms with E-state index in [4.69, 9.17) is 4.74 Å². The minimum absolute atomic E-state index is 0.228. The van der Waals surface area contributed by atoms with Gasteiger partial charge in [-0.25, -0.2) is 9.78 Å². The van der Waals surface area contributed by atoms with Gasteiger partial charge in [0.25, 0.3) is 5.56 Å². The van der Waals surface area contributed by atoms with Crippen LogP contribution in [-0.2, 0) is 4.74 Å². The maximum absolute atomic E-state index is 13.1. The number of carbonyl (C=O) groups is 1. The van der Waals surface area contributed by atoms with Crippen LogP contribution in [0.1, 0.15) is 10.4 Å². The van der Waals surface area contributed by atoms with Gasteiger partial charge in [0.2, 0.25) is 0 Å². The zero-order valence-electron chi connectivity index (χ0n) is 13.6. The summed E-state index contributed by atoms with van der Waals surface area (Å²) in [6.07, 6.45) is 1.76. The molecule has 3 rings (SSSR count). The third-order valence-corrected chi connectivity index (χ3v) is 4.54. The lowest BCUT2D eigenvalue weighted by Crippen LogP contribution is -2.22. The summed E-state index contributed by atoms with van der Waals surface area (Å²) in [6.45, 7) is 3.72. The van der Waals surface area contributed by atoms with Gasteiger partial charge in [0.05, 0.1) is 29.3 Å². The van der Waals surface area contributed by atoms with Gasteiger partial charge >= 0.3 is 5.97 Å². The monoisotopic (exact) mass is 352 g/mol. The summed E-state index contributed by atoms with van der Waals surface area (Å²) in [5.74, 6) is 0.142. The number of ether oxygens (including phenoxy) is 1. The minimum atomic E-state index is -0.488. The third kappa shape index (κ3) is 3.34. The third-order valence-electron chi connectivity index (χ3n) is 3.60. The molecule has 1 aromatic heterocycles. The number of benzene rings is 2. The highest BCUT2D eigenvalue weighted by Gasteiger charge is 2.15. The van der Waals surface area contributed by atoms with E-state index in [1.807, 2.05) is 30.3 Å². The Morgan fingerprint density at radius 3 is 2.72 bits per heavy atom. The van der Waals surface area contributed by atoms with Crippen LogP contribution in [0.4, 0.5) is 0 Å². The van der Waals surface area contributed by atoms with Crippen LogP contribution >= 0.6 is 11.8 Å². The SMILES string of the molecule is C=CCSc1nc2ccc(C(=O)OC)cc2c(=O)n1-c1ccccc1. The van der Waals surface area contributed by atoms with E-state index in [1.54, 1.807) is 22.8 Å². The Bertz CT molecular complexity index is 997. The Labute approximate surface area is 149 Å². The highest BCUT2D eigenvalue weighted by molar-refractivity contribution is 7.99. The molecule has 2 aromatic carbocycles. The predicted octanol–water partition coefficient (Wildman–Crippen LogP) is 3.45. The molecule has 3 aromatic rings. The molecular formula is C19H16N2O3S. The topological polar surface area (TPSA) is 61.2 Å². The molecule has 0 radical (unpaired) electrons. The lowest BCUT2D eigenvalue weighted by atomic mass is 10.1. The number of esters is 1. The molecule has 126 valence electrons. The summed E-state index contributed by atoms with van der Waals surface area (Å²) in [4.78, 5) is 29.5. The van der Waals surface area contributed by atoms with Crippen molar-refractivity contribution in [1.29, 1.82) is 0 Å². The van der Waals surface area contributed by atoms with Crippen LogP contribution in [0.3, 0.4) is 0 Å². The lowest BCUT2D eigenvalue weighted by Gasteiger charge is -2.13. The van der Waals surface area contributed by atoms with E-state index in [2.05, 4.69) is 11.6 Å². The smallest absolute Gasteiger partial charge is 0.337 e. The highest BCUT2D eigenvalue weighted by Crippen LogP contribution is 2.22. The van der Waals surface area contributed by atoms with Crippen molar-refractivity contribution >= 4 is 28.6 Å². The van der Waals surface area contributed by atoms with Crippen molar-refractivity contribution in [1.82, 2.24) is 9.55 Å². The molecular weight excluding hydrogens is 336 g/mol. The van der Waals surface area contributed by atoms with Gasteiger partial charge in [0, 0.05) is 5.75 Å². The first-order valence-corrected chi connectivity index (χ1v) is 8.58. The van der Waals surface area contributed by atoms with Crippen molar-refractivity contribution in [3.05, 3.63) is 77.1 Å². The molecule has 0 saturated carbocycles. The molecule has 0 atom stereocenters. The normalized spacial score (nSPS) is 10.6. The molecule has 0 aliphatic carbocycles. The first-order valence-electron chi connectivity index (χ1n) is 7.60. The van der Waals surface area contributed by atoms with Crippen LogP contribution in [0.5, 0.6) is 0 Å². The average Bonchev–Trinajstić information content (AvgIpc) is 2.66. The summed E-state index contributed by atoms with van der Waals surface area (Å²) in [5.41, 5.74) is 1.35. The van der Waals surface area contributed by atoms with E-state index < -0.39 is 5.97 Å². The van der Waals surface area contributed by atoms with Crippen molar-refractivity contribution in [2.45, 2.75) is 5.16 Å².